The van der Waals surface area contributed by atoms with Crippen molar-refractivity contribution >= 4 is 0 Å². The lowest BCUT2D eigenvalue weighted by atomic mass is 9.98. The van der Waals surface area contributed by atoms with E-state index >= 15 is 0 Å². The molecule has 112 valence electrons. The maximum absolute atomic E-state index is 5.91. The fraction of sp³-hybridized carbons (Fsp3) is 0.0909. The molecule has 0 bridgehead atoms. The van der Waals surface area contributed by atoms with E-state index in [1.807, 2.05) is 48.5 Å². The minimum atomic E-state index is 0.556. The molecule has 0 aromatic heterocycles. The van der Waals surface area contributed by atoms with E-state index in [1.165, 1.54) is 5.56 Å². The van der Waals surface area contributed by atoms with Crippen molar-refractivity contribution in [1.82, 2.24) is 0 Å². The molecular weight excluding hydrogens is 280 g/mol. The van der Waals surface area contributed by atoms with E-state index in [2.05, 4.69) is 37.1 Å². The van der Waals surface area contributed by atoms with E-state index in [-0.39, 0.29) is 0 Å². The molecule has 0 amide bonds. The summed E-state index contributed by atoms with van der Waals surface area (Å²) in [5, 5.41) is 0. The smallest absolute Gasteiger partial charge is 0.120 e. The molecule has 0 aliphatic carbocycles. The van der Waals surface area contributed by atoms with Crippen molar-refractivity contribution in [3.63, 3.8) is 0 Å². The number of ether oxygens (including phenoxy) is 1. The van der Waals surface area contributed by atoms with Gasteiger partial charge in [-0.15, -0.1) is 6.42 Å². The van der Waals surface area contributed by atoms with Crippen molar-refractivity contribution < 1.29 is 4.74 Å². The molecule has 0 radical (unpaired) electrons. The molecular formula is C22H18O. The van der Waals surface area contributed by atoms with E-state index < -0.39 is 0 Å². The van der Waals surface area contributed by atoms with Crippen LogP contribution >= 0.6 is 0 Å². The Morgan fingerprint density at radius 1 is 0.913 bits per heavy atom. The van der Waals surface area contributed by atoms with Gasteiger partial charge in [0.15, 0.2) is 0 Å². The highest BCUT2D eigenvalue weighted by atomic mass is 16.5. The Labute approximate surface area is 137 Å². The highest BCUT2D eigenvalue weighted by Gasteiger charge is 2.05. The maximum Gasteiger partial charge on any atom is 0.120 e. The molecule has 3 rings (SSSR count). The molecule has 3 aromatic rings. The van der Waals surface area contributed by atoms with Gasteiger partial charge in [0.2, 0.25) is 0 Å². The second-order valence-corrected chi connectivity index (χ2v) is 5.50. The predicted octanol–water partition coefficient (Wildman–Crippen LogP) is 5.22. The number of terminal acetylenes is 1. The summed E-state index contributed by atoms with van der Waals surface area (Å²) in [6, 6.07) is 24.4. The zero-order valence-electron chi connectivity index (χ0n) is 13.1. The summed E-state index contributed by atoms with van der Waals surface area (Å²) in [6.45, 7) is 2.62. The summed E-state index contributed by atoms with van der Waals surface area (Å²) in [7, 11) is 0. The zero-order chi connectivity index (χ0) is 16.1. The normalized spacial score (nSPS) is 10.1. The molecule has 1 heteroatoms. The van der Waals surface area contributed by atoms with Crippen LogP contribution in [0.1, 0.15) is 16.7 Å². The summed E-state index contributed by atoms with van der Waals surface area (Å²) < 4.78 is 5.91. The Morgan fingerprint density at radius 2 is 1.74 bits per heavy atom. The van der Waals surface area contributed by atoms with Gasteiger partial charge in [0, 0.05) is 5.56 Å². The van der Waals surface area contributed by atoms with Crippen LogP contribution in [-0.4, -0.2) is 0 Å². The lowest BCUT2D eigenvalue weighted by Crippen LogP contribution is -1.95. The molecule has 0 saturated heterocycles. The molecule has 0 fully saturated rings. The molecule has 3 aromatic carbocycles. The average molecular weight is 298 g/mol. The van der Waals surface area contributed by atoms with Gasteiger partial charge in [-0.05, 0) is 41.8 Å². The summed E-state index contributed by atoms with van der Waals surface area (Å²) in [4.78, 5) is 0. The van der Waals surface area contributed by atoms with Crippen LogP contribution in [0.3, 0.4) is 0 Å². The van der Waals surface area contributed by atoms with Crippen LogP contribution in [-0.2, 0) is 6.61 Å². The average Bonchev–Trinajstić information content (AvgIpc) is 2.61. The van der Waals surface area contributed by atoms with Gasteiger partial charge in [-0.25, -0.2) is 0 Å². The van der Waals surface area contributed by atoms with Gasteiger partial charge >= 0.3 is 0 Å². The highest BCUT2D eigenvalue weighted by molar-refractivity contribution is 5.72. The van der Waals surface area contributed by atoms with Crippen molar-refractivity contribution in [3.05, 3.63) is 89.5 Å². The van der Waals surface area contributed by atoms with Crippen LogP contribution < -0.4 is 4.74 Å². The van der Waals surface area contributed by atoms with E-state index in [0.717, 1.165) is 28.0 Å². The molecule has 0 saturated carbocycles. The molecule has 0 unspecified atom stereocenters. The summed E-state index contributed by atoms with van der Waals surface area (Å²) in [6.07, 6.45) is 5.63. The number of aryl methyl sites for hydroxylation is 1. The van der Waals surface area contributed by atoms with Crippen LogP contribution in [0, 0.1) is 19.3 Å². The second-order valence-electron chi connectivity index (χ2n) is 5.50. The quantitative estimate of drug-likeness (QED) is 0.600. The third kappa shape index (κ3) is 3.62. The Balaban J connectivity index is 1.86. The third-order valence-corrected chi connectivity index (χ3v) is 3.72. The first-order valence-electron chi connectivity index (χ1n) is 7.61. The van der Waals surface area contributed by atoms with Gasteiger partial charge in [0.25, 0.3) is 0 Å². The molecule has 0 atom stereocenters. The molecule has 0 heterocycles. The van der Waals surface area contributed by atoms with Gasteiger partial charge in [0.05, 0.1) is 0 Å². The van der Waals surface area contributed by atoms with Crippen molar-refractivity contribution in [1.29, 1.82) is 0 Å². The number of hydrogen-bond acceptors (Lipinski definition) is 1. The van der Waals surface area contributed by atoms with Crippen molar-refractivity contribution in [2.24, 2.45) is 0 Å². The first kappa shape index (κ1) is 14.9. The highest BCUT2D eigenvalue weighted by Crippen LogP contribution is 2.28. The van der Waals surface area contributed by atoms with Gasteiger partial charge in [0.1, 0.15) is 12.4 Å². The van der Waals surface area contributed by atoms with Crippen LogP contribution in [0.2, 0.25) is 0 Å². The molecule has 0 spiro atoms. The van der Waals surface area contributed by atoms with Gasteiger partial charge in [-0.1, -0.05) is 66.1 Å². The fourth-order valence-electron chi connectivity index (χ4n) is 2.52. The minimum Gasteiger partial charge on any atom is -0.489 e. The molecule has 1 nitrogen and oxygen atoms in total. The second kappa shape index (κ2) is 6.85. The fourth-order valence-corrected chi connectivity index (χ4v) is 2.52. The van der Waals surface area contributed by atoms with Crippen LogP contribution in [0.5, 0.6) is 5.75 Å². The monoisotopic (exact) mass is 298 g/mol. The number of rotatable bonds is 4. The molecule has 0 N–H and O–H groups in total. The minimum absolute atomic E-state index is 0.556. The zero-order valence-corrected chi connectivity index (χ0v) is 13.1. The van der Waals surface area contributed by atoms with E-state index in [9.17, 15) is 0 Å². The van der Waals surface area contributed by atoms with Gasteiger partial charge in [-0.2, -0.15) is 0 Å². The molecule has 0 aliphatic heterocycles. The van der Waals surface area contributed by atoms with E-state index in [4.69, 9.17) is 11.2 Å². The Kier molecular flexibility index (Phi) is 4.45. The van der Waals surface area contributed by atoms with Gasteiger partial charge < -0.3 is 4.74 Å². The maximum atomic E-state index is 5.91. The lowest BCUT2D eigenvalue weighted by molar-refractivity contribution is 0.306. The van der Waals surface area contributed by atoms with Crippen LogP contribution in [0.15, 0.2) is 72.8 Å². The predicted molar refractivity (Wildman–Crippen MR) is 95.3 cm³/mol. The Hall–Kier alpha value is -2.98. The topological polar surface area (TPSA) is 9.23 Å². The summed E-state index contributed by atoms with van der Waals surface area (Å²) in [5.41, 5.74) is 5.38. The first-order valence-corrected chi connectivity index (χ1v) is 7.61. The standard InChI is InChI=1S/C22H18O/c1-3-19-13-12-17(2)14-22(19)20-10-7-11-21(15-20)23-16-18-8-5-4-6-9-18/h1,4-15H,16H2,2H3. The lowest BCUT2D eigenvalue weighted by Gasteiger charge is -2.10. The van der Waals surface area contributed by atoms with E-state index in [1.54, 1.807) is 0 Å². The van der Waals surface area contributed by atoms with E-state index in [0.29, 0.717) is 6.61 Å². The van der Waals surface area contributed by atoms with Crippen LogP contribution in [0.25, 0.3) is 11.1 Å². The summed E-state index contributed by atoms with van der Waals surface area (Å²) >= 11 is 0. The van der Waals surface area contributed by atoms with Crippen molar-refractivity contribution in [2.75, 3.05) is 0 Å². The molecule has 0 aliphatic rings. The van der Waals surface area contributed by atoms with Crippen molar-refractivity contribution in [3.8, 4) is 29.2 Å². The Morgan fingerprint density at radius 3 is 2.52 bits per heavy atom. The number of benzene rings is 3. The number of hydrogen-bond donors (Lipinski definition) is 0. The third-order valence-electron chi connectivity index (χ3n) is 3.72. The van der Waals surface area contributed by atoms with Crippen molar-refractivity contribution in [2.45, 2.75) is 13.5 Å². The summed E-state index contributed by atoms with van der Waals surface area (Å²) in [5.74, 6) is 3.60. The Bertz CT molecular complexity index is 841. The largest absolute Gasteiger partial charge is 0.489 e. The SMILES string of the molecule is C#Cc1ccc(C)cc1-c1cccc(OCc2ccccc2)c1. The van der Waals surface area contributed by atoms with Crippen LogP contribution in [0.4, 0.5) is 0 Å². The van der Waals surface area contributed by atoms with Gasteiger partial charge in [-0.3, -0.25) is 0 Å². The molecule has 23 heavy (non-hydrogen) atoms. The first-order chi connectivity index (χ1) is 11.3.